The molecule has 0 saturated carbocycles. The van der Waals surface area contributed by atoms with Gasteiger partial charge in [0.2, 0.25) is 5.91 Å². The highest BCUT2D eigenvalue weighted by Gasteiger charge is 2.44. The Morgan fingerprint density at radius 3 is 2.53 bits per heavy atom. The summed E-state index contributed by atoms with van der Waals surface area (Å²) < 4.78 is 42.0. The molecule has 1 fully saturated rings. The molecule has 0 unspecified atom stereocenters. The van der Waals surface area contributed by atoms with Crippen molar-refractivity contribution in [2.45, 2.75) is 11.3 Å². The number of fused-ring (bicyclic) bond motifs is 1. The van der Waals surface area contributed by atoms with Crippen LogP contribution < -0.4 is 15.0 Å². The number of nitrogens with zero attached hydrogens (tertiary/aromatic N) is 2. The summed E-state index contributed by atoms with van der Waals surface area (Å²) >= 11 is 1.38. The van der Waals surface area contributed by atoms with Crippen molar-refractivity contribution in [3.8, 4) is 5.75 Å². The third kappa shape index (κ3) is 4.59. The van der Waals surface area contributed by atoms with Gasteiger partial charge in [-0.2, -0.15) is 0 Å². The van der Waals surface area contributed by atoms with Crippen LogP contribution in [0.5, 0.6) is 5.75 Å². The van der Waals surface area contributed by atoms with Gasteiger partial charge in [-0.3, -0.25) is 9.79 Å². The molecule has 2 heterocycles. The summed E-state index contributed by atoms with van der Waals surface area (Å²) in [7, 11) is -1.50. The number of hydrogen-bond donors (Lipinski definition) is 1. The second-order valence-corrected chi connectivity index (χ2v) is 10.4. The van der Waals surface area contributed by atoms with Crippen molar-refractivity contribution in [3.05, 3.63) is 54.3 Å². The predicted molar refractivity (Wildman–Crippen MR) is 117 cm³/mol. The molecule has 7 nitrogen and oxygen atoms in total. The van der Waals surface area contributed by atoms with Gasteiger partial charge in [-0.1, -0.05) is 11.8 Å². The molecule has 30 heavy (non-hydrogen) atoms. The van der Waals surface area contributed by atoms with Crippen LogP contribution in [0, 0.1) is 5.82 Å². The van der Waals surface area contributed by atoms with E-state index in [1.807, 2.05) is 12.1 Å². The summed E-state index contributed by atoms with van der Waals surface area (Å²) in [4.78, 5) is 19.0. The SMILES string of the molecule is COc1ccc(N(CC(=O)Nc2ccc(F)cc2)C2=N[C@H]3CS(=O)(=O)C[C@H]3S2)cc1. The van der Waals surface area contributed by atoms with Crippen LogP contribution in [0.2, 0.25) is 0 Å². The Morgan fingerprint density at radius 1 is 1.20 bits per heavy atom. The maximum atomic E-state index is 13.1. The Bertz CT molecular complexity index is 1070. The molecule has 4 rings (SSSR count). The Hall–Kier alpha value is -2.59. The van der Waals surface area contributed by atoms with Gasteiger partial charge < -0.3 is 15.0 Å². The summed E-state index contributed by atoms with van der Waals surface area (Å²) in [6.07, 6.45) is 0. The van der Waals surface area contributed by atoms with E-state index in [0.717, 1.165) is 5.69 Å². The third-order valence-corrected chi connectivity index (χ3v) is 8.10. The van der Waals surface area contributed by atoms with Gasteiger partial charge in [0.15, 0.2) is 15.0 Å². The number of rotatable bonds is 5. The van der Waals surface area contributed by atoms with Crippen molar-refractivity contribution in [2.24, 2.45) is 4.99 Å². The molecule has 2 aliphatic rings. The molecular formula is C20H20FN3O4S2. The monoisotopic (exact) mass is 449 g/mol. The number of hydrogen-bond acceptors (Lipinski definition) is 7. The zero-order valence-electron chi connectivity index (χ0n) is 16.1. The zero-order chi connectivity index (χ0) is 21.3. The van der Waals surface area contributed by atoms with Crippen molar-refractivity contribution < 1.29 is 22.3 Å². The molecule has 2 aromatic rings. The second kappa shape index (κ2) is 8.27. The van der Waals surface area contributed by atoms with Gasteiger partial charge in [-0.05, 0) is 48.5 Å². The standard InChI is InChI=1S/C20H20FN3O4S2/c1-28-16-8-6-15(7-9-16)24(10-19(25)22-14-4-2-13(21)3-5-14)20-23-17-11-30(26,27)12-18(17)29-20/h2-9,17-18H,10-12H2,1H3,(H,22,25)/t17-,18+/m0/s1. The largest absolute Gasteiger partial charge is 0.497 e. The minimum Gasteiger partial charge on any atom is -0.497 e. The van der Waals surface area contributed by atoms with Crippen LogP contribution in [-0.4, -0.2) is 55.9 Å². The first-order chi connectivity index (χ1) is 14.3. The number of carbonyl (C=O) groups is 1. The highest BCUT2D eigenvalue weighted by atomic mass is 32.2. The number of carbonyl (C=O) groups excluding carboxylic acids is 1. The number of halogens is 1. The molecule has 1 N–H and O–H groups in total. The fourth-order valence-electron chi connectivity index (χ4n) is 3.38. The quantitative estimate of drug-likeness (QED) is 0.755. The summed E-state index contributed by atoms with van der Waals surface area (Å²) in [5, 5.41) is 3.22. The predicted octanol–water partition coefficient (Wildman–Crippen LogP) is 2.55. The number of aliphatic imine (C=N–C) groups is 1. The molecule has 0 radical (unpaired) electrons. The lowest BCUT2D eigenvalue weighted by atomic mass is 10.2. The maximum Gasteiger partial charge on any atom is 0.244 e. The number of anilines is 2. The lowest BCUT2D eigenvalue weighted by molar-refractivity contribution is -0.114. The van der Waals surface area contributed by atoms with E-state index in [2.05, 4.69) is 10.3 Å². The van der Waals surface area contributed by atoms with Gasteiger partial charge in [0, 0.05) is 16.6 Å². The molecule has 1 amide bonds. The van der Waals surface area contributed by atoms with Gasteiger partial charge in [0.05, 0.1) is 24.7 Å². The van der Waals surface area contributed by atoms with Crippen LogP contribution >= 0.6 is 11.8 Å². The average Bonchev–Trinajstić information content (AvgIpc) is 3.21. The van der Waals surface area contributed by atoms with Crippen LogP contribution in [0.4, 0.5) is 15.8 Å². The van der Waals surface area contributed by atoms with Crippen molar-refractivity contribution >= 4 is 44.0 Å². The van der Waals surface area contributed by atoms with Gasteiger partial charge in [0.1, 0.15) is 18.1 Å². The first-order valence-corrected chi connectivity index (χ1v) is 11.9. The molecule has 158 valence electrons. The van der Waals surface area contributed by atoms with Crippen LogP contribution in [0.1, 0.15) is 0 Å². The van der Waals surface area contributed by atoms with E-state index in [1.165, 1.54) is 36.0 Å². The van der Waals surface area contributed by atoms with Gasteiger partial charge in [-0.15, -0.1) is 0 Å². The van der Waals surface area contributed by atoms with Crippen LogP contribution in [0.15, 0.2) is 53.5 Å². The molecule has 10 heteroatoms. The Labute approximate surface area is 178 Å². The molecular weight excluding hydrogens is 429 g/mol. The number of nitrogens with one attached hydrogen (secondary N) is 1. The summed E-state index contributed by atoms with van der Waals surface area (Å²) in [5.41, 5.74) is 1.22. The summed E-state index contributed by atoms with van der Waals surface area (Å²) in [6.45, 7) is -0.0261. The zero-order valence-corrected chi connectivity index (χ0v) is 17.7. The first kappa shape index (κ1) is 20.7. The van der Waals surface area contributed by atoms with Crippen molar-refractivity contribution in [2.75, 3.05) is 35.4 Å². The van der Waals surface area contributed by atoms with Crippen LogP contribution in [0.3, 0.4) is 0 Å². The number of methoxy groups -OCH3 is 1. The fourth-order valence-corrected chi connectivity index (χ4v) is 7.16. The number of sulfone groups is 1. The van der Waals surface area contributed by atoms with Gasteiger partial charge in [0.25, 0.3) is 0 Å². The number of amides is 1. The van der Waals surface area contributed by atoms with Crippen molar-refractivity contribution in [3.63, 3.8) is 0 Å². The van der Waals surface area contributed by atoms with Crippen LogP contribution in [-0.2, 0) is 14.6 Å². The topological polar surface area (TPSA) is 88.1 Å². The molecule has 0 spiro atoms. The molecule has 0 bridgehead atoms. The molecule has 2 atom stereocenters. The highest BCUT2D eigenvalue weighted by Crippen LogP contribution is 2.37. The van der Waals surface area contributed by atoms with Gasteiger partial charge in [-0.25, -0.2) is 12.8 Å². The van der Waals surface area contributed by atoms with E-state index < -0.39 is 9.84 Å². The molecule has 1 saturated heterocycles. The maximum absolute atomic E-state index is 13.1. The number of amidine groups is 1. The minimum atomic E-state index is -3.07. The average molecular weight is 450 g/mol. The minimum absolute atomic E-state index is 0.0261. The fraction of sp³-hybridized carbons (Fsp3) is 0.300. The van der Waals surface area contributed by atoms with Crippen LogP contribution in [0.25, 0.3) is 0 Å². The normalized spacial score (nSPS) is 21.6. The van der Waals surface area contributed by atoms with Gasteiger partial charge >= 0.3 is 0 Å². The van der Waals surface area contributed by atoms with Crippen molar-refractivity contribution in [1.82, 2.24) is 0 Å². The third-order valence-electron chi connectivity index (χ3n) is 4.85. The van der Waals surface area contributed by atoms with E-state index >= 15 is 0 Å². The molecule has 0 aliphatic carbocycles. The Morgan fingerprint density at radius 2 is 1.90 bits per heavy atom. The molecule has 2 aliphatic heterocycles. The highest BCUT2D eigenvalue weighted by molar-refractivity contribution is 8.15. The Kier molecular flexibility index (Phi) is 5.70. The van der Waals surface area contributed by atoms with E-state index in [9.17, 15) is 17.6 Å². The number of benzene rings is 2. The molecule has 2 aromatic carbocycles. The lowest BCUT2D eigenvalue weighted by Crippen LogP contribution is -2.36. The summed E-state index contributed by atoms with van der Waals surface area (Å²) in [5.74, 6) is 0.120. The number of thioether (sulfide) groups is 1. The van der Waals surface area contributed by atoms with E-state index in [-0.39, 0.29) is 41.1 Å². The lowest BCUT2D eigenvalue weighted by Gasteiger charge is -2.24. The number of ether oxygens (including phenoxy) is 1. The molecule has 0 aromatic heterocycles. The van der Waals surface area contributed by atoms with Crippen molar-refractivity contribution in [1.29, 1.82) is 0 Å². The summed E-state index contributed by atoms with van der Waals surface area (Å²) in [6, 6.07) is 12.4. The smallest absolute Gasteiger partial charge is 0.244 e. The second-order valence-electron chi connectivity index (χ2n) is 7.05. The Balaban J connectivity index is 1.56. The van der Waals surface area contributed by atoms with E-state index in [1.54, 1.807) is 24.1 Å². The first-order valence-electron chi connectivity index (χ1n) is 9.25. The van der Waals surface area contributed by atoms with E-state index in [4.69, 9.17) is 4.74 Å². The van der Waals surface area contributed by atoms with E-state index in [0.29, 0.717) is 16.6 Å².